The number of hydrogen-bond donors (Lipinski definition) is 2. The number of aromatic amines is 1. The summed E-state index contributed by atoms with van der Waals surface area (Å²) in [7, 11) is 0. The molecule has 2 heterocycles. The maximum absolute atomic E-state index is 12.2. The molecule has 0 aliphatic heterocycles. The average molecular weight is 299 g/mol. The molecule has 0 aliphatic carbocycles. The van der Waals surface area contributed by atoms with Crippen LogP contribution in [0.4, 0.5) is 5.69 Å². The van der Waals surface area contributed by atoms with Crippen LogP contribution in [0.15, 0.2) is 54.2 Å². The Morgan fingerprint density at radius 3 is 3.10 bits per heavy atom. The molecule has 3 aromatic rings. The minimum absolute atomic E-state index is 0.177. The first kappa shape index (κ1) is 13.4. The van der Waals surface area contributed by atoms with E-state index in [1.165, 1.54) is 0 Å². The Morgan fingerprint density at radius 1 is 1.43 bits per heavy atom. The lowest BCUT2D eigenvalue weighted by molar-refractivity contribution is 0.102. The number of hydrogen-bond acceptors (Lipinski definition) is 4. The minimum atomic E-state index is -0.177. The third-order valence-corrected chi connectivity index (χ3v) is 3.60. The van der Waals surface area contributed by atoms with E-state index in [9.17, 15) is 4.79 Å². The zero-order chi connectivity index (χ0) is 14.7. The summed E-state index contributed by atoms with van der Waals surface area (Å²) in [6, 6.07) is 7.39. The molecule has 21 heavy (non-hydrogen) atoms. The summed E-state index contributed by atoms with van der Waals surface area (Å²) in [6.07, 6.45) is 8.77. The highest BCUT2D eigenvalue weighted by Crippen LogP contribution is 2.19. The summed E-state index contributed by atoms with van der Waals surface area (Å²) in [5.74, 6) is -0.177. The van der Waals surface area contributed by atoms with Gasteiger partial charge in [0.05, 0.1) is 11.9 Å². The number of imidazole rings is 1. The molecule has 0 saturated carbocycles. The van der Waals surface area contributed by atoms with Crippen LogP contribution in [-0.4, -0.2) is 31.9 Å². The highest BCUT2D eigenvalue weighted by Gasteiger charge is 2.09. The summed E-state index contributed by atoms with van der Waals surface area (Å²) < 4.78 is 1.94. The lowest BCUT2D eigenvalue weighted by atomic mass is 10.2. The highest BCUT2D eigenvalue weighted by molar-refractivity contribution is 7.98. The number of aromatic nitrogens is 4. The topological polar surface area (TPSA) is 75.6 Å². The number of rotatable bonds is 4. The van der Waals surface area contributed by atoms with Gasteiger partial charge in [-0.1, -0.05) is 17.8 Å². The summed E-state index contributed by atoms with van der Waals surface area (Å²) in [5, 5.41) is 10.1. The second-order valence-corrected chi connectivity index (χ2v) is 5.05. The van der Waals surface area contributed by atoms with E-state index in [1.54, 1.807) is 36.4 Å². The number of nitrogens with zero attached hydrogens (tertiary/aromatic N) is 3. The molecule has 0 bridgehead atoms. The van der Waals surface area contributed by atoms with Crippen molar-refractivity contribution in [2.45, 2.75) is 5.16 Å². The first-order valence-electron chi connectivity index (χ1n) is 6.26. The fraction of sp³-hybridized carbons (Fsp3) is 0.0714. The van der Waals surface area contributed by atoms with E-state index in [1.807, 2.05) is 35.2 Å². The first-order chi connectivity index (χ1) is 10.3. The molecule has 0 spiro atoms. The van der Waals surface area contributed by atoms with E-state index in [0.717, 1.165) is 10.8 Å². The Labute approximate surface area is 125 Å². The molecule has 0 atom stereocenters. The second kappa shape index (κ2) is 5.84. The van der Waals surface area contributed by atoms with Crippen molar-refractivity contribution in [2.24, 2.45) is 0 Å². The lowest BCUT2D eigenvalue weighted by Crippen LogP contribution is -2.11. The molecule has 0 radical (unpaired) electrons. The van der Waals surface area contributed by atoms with Gasteiger partial charge >= 0.3 is 0 Å². The lowest BCUT2D eigenvalue weighted by Gasteiger charge is -2.08. The Morgan fingerprint density at radius 2 is 2.33 bits per heavy atom. The summed E-state index contributed by atoms with van der Waals surface area (Å²) in [5.41, 5.74) is 2.11. The van der Waals surface area contributed by atoms with E-state index in [0.29, 0.717) is 11.3 Å². The van der Waals surface area contributed by atoms with Gasteiger partial charge in [-0.3, -0.25) is 14.5 Å². The van der Waals surface area contributed by atoms with E-state index in [-0.39, 0.29) is 5.91 Å². The molecule has 0 aliphatic rings. The van der Waals surface area contributed by atoms with Crippen molar-refractivity contribution in [1.29, 1.82) is 0 Å². The molecule has 3 rings (SSSR count). The first-order valence-corrected chi connectivity index (χ1v) is 7.48. The molecule has 2 N–H and O–H groups in total. The summed E-state index contributed by atoms with van der Waals surface area (Å²) >= 11 is 1.55. The Bertz CT molecular complexity index is 750. The van der Waals surface area contributed by atoms with Crippen LogP contribution >= 0.6 is 11.8 Å². The van der Waals surface area contributed by atoms with Crippen LogP contribution in [0, 0.1) is 0 Å². The molecule has 0 saturated heterocycles. The van der Waals surface area contributed by atoms with Gasteiger partial charge in [0.2, 0.25) is 0 Å². The Kier molecular flexibility index (Phi) is 3.74. The van der Waals surface area contributed by atoms with Crippen molar-refractivity contribution in [3.8, 4) is 5.69 Å². The molecular formula is C14H13N5OS. The predicted octanol–water partition coefficient (Wildman–Crippen LogP) is 2.57. The van der Waals surface area contributed by atoms with Gasteiger partial charge in [0.15, 0.2) is 5.16 Å². The Balaban J connectivity index is 1.88. The van der Waals surface area contributed by atoms with Crippen molar-refractivity contribution in [1.82, 2.24) is 19.7 Å². The smallest absolute Gasteiger partial charge is 0.255 e. The van der Waals surface area contributed by atoms with Gasteiger partial charge in [-0.05, 0) is 24.5 Å². The second-order valence-electron chi connectivity index (χ2n) is 4.28. The summed E-state index contributed by atoms with van der Waals surface area (Å²) in [4.78, 5) is 16.5. The number of anilines is 1. The van der Waals surface area contributed by atoms with Gasteiger partial charge in [0.1, 0.15) is 0 Å². The van der Waals surface area contributed by atoms with Gasteiger partial charge in [-0.2, -0.15) is 5.10 Å². The fourth-order valence-corrected chi connectivity index (χ4v) is 2.49. The zero-order valence-corrected chi connectivity index (χ0v) is 12.1. The fourth-order valence-electron chi connectivity index (χ4n) is 1.96. The van der Waals surface area contributed by atoms with Crippen LogP contribution in [0.3, 0.4) is 0 Å². The van der Waals surface area contributed by atoms with Crippen molar-refractivity contribution in [3.05, 3.63) is 54.6 Å². The standard InChI is InChI=1S/C14H13N5OS/c1-21-14-15-5-6-19(14)12-4-2-3-10(7-12)13(20)18-11-8-16-17-9-11/h2-9H,1H3,(H,16,17)(H,18,20). The minimum Gasteiger partial charge on any atom is -0.319 e. The van der Waals surface area contributed by atoms with Gasteiger partial charge in [0, 0.05) is 29.8 Å². The Hall–Kier alpha value is -2.54. The molecule has 6 nitrogen and oxygen atoms in total. The van der Waals surface area contributed by atoms with E-state index in [4.69, 9.17) is 0 Å². The highest BCUT2D eigenvalue weighted by atomic mass is 32.2. The number of amides is 1. The number of carbonyl (C=O) groups excluding carboxylic acids is 1. The molecule has 1 aromatic carbocycles. The third kappa shape index (κ3) is 2.82. The van der Waals surface area contributed by atoms with Crippen molar-refractivity contribution < 1.29 is 4.79 Å². The van der Waals surface area contributed by atoms with E-state index in [2.05, 4.69) is 20.5 Å². The normalized spacial score (nSPS) is 10.5. The molecule has 106 valence electrons. The molecule has 0 unspecified atom stereocenters. The number of nitrogens with one attached hydrogen (secondary N) is 2. The van der Waals surface area contributed by atoms with E-state index < -0.39 is 0 Å². The predicted molar refractivity (Wildman–Crippen MR) is 81.9 cm³/mol. The average Bonchev–Trinajstić information content (AvgIpc) is 3.18. The molecule has 0 fully saturated rings. The zero-order valence-electron chi connectivity index (χ0n) is 11.3. The van der Waals surface area contributed by atoms with Crippen molar-refractivity contribution in [2.75, 3.05) is 11.6 Å². The van der Waals surface area contributed by atoms with Crippen molar-refractivity contribution in [3.63, 3.8) is 0 Å². The van der Waals surface area contributed by atoms with Gasteiger partial charge in [-0.15, -0.1) is 0 Å². The largest absolute Gasteiger partial charge is 0.319 e. The quantitative estimate of drug-likeness (QED) is 0.726. The summed E-state index contributed by atoms with van der Waals surface area (Å²) in [6.45, 7) is 0. The van der Waals surface area contributed by atoms with Crippen LogP contribution in [0.5, 0.6) is 0 Å². The third-order valence-electron chi connectivity index (χ3n) is 2.93. The van der Waals surface area contributed by atoms with Crippen molar-refractivity contribution >= 4 is 23.4 Å². The van der Waals surface area contributed by atoms with E-state index >= 15 is 0 Å². The van der Waals surface area contributed by atoms with Crippen LogP contribution in [0.1, 0.15) is 10.4 Å². The van der Waals surface area contributed by atoms with Crippen LogP contribution in [0.2, 0.25) is 0 Å². The van der Waals surface area contributed by atoms with Gasteiger partial charge in [0.25, 0.3) is 5.91 Å². The van der Waals surface area contributed by atoms with Crippen LogP contribution in [-0.2, 0) is 0 Å². The number of benzene rings is 1. The van der Waals surface area contributed by atoms with Gasteiger partial charge < -0.3 is 5.32 Å². The SMILES string of the molecule is CSc1nccn1-c1cccc(C(=O)Nc2cn[nH]c2)c1. The molecule has 2 aromatic heterocycles. The van der Waals surface area contributed by atoms with Crippen LogP contribution < -0.4 is 5.32 Å². The maximum atomic E-state index is 12.2. The number of H-pyrrole nitrogens is 1. The van der Waals surface area contributed by atoms with Gasteiger partial charge in [-0.25, -0.2) is 4.98 Å². The van der Waals surface area contributed by atoms with Crippen LogP contribution in [0.25, 0.3) is 5.69 Å². The molecule has 1 amide bonds. The molecule has 7 heteroatoms. The number of carbonyl (C=O) groups is 1. The number of thioether (sulfide) groups is 1. The molecular weight excluding hydrogens is 286 g/mol. The monoisotopic (exact) mass is 299 g/mol. The maximum Gasteiger partial charge on any atom is 0.255 e.